The van der Waals surface area contributed by atoms with Gasteiger partial charge in [0, 0.05) is 22.4 Å². The van der Waals surface area contributed by atoms with Crippen molar-refractivity contribution in [2.45, 2.75) is 25.9 Å². The number of ketones is 2. The third-order valence-corrected chi connectivity index (χ3v) is 5.26. The third-order valence-electron chi connectivity index (χ3n) is 4.22. The van der Waals surface area contributed by atoms with Gasteiger partial charge in [-0.05, 0) is 19.1 Å². The van der Waals surface area contributed by atoms with E-state index in [9.17, 15) is 14.4 Å². The van der Waals surface area contributed by atoms with Gasteiger partial charge in [-0.3, -0.25) is 14.4 Å². The molecular weight excluding hydrogens is 372 g/mol. The molecule has 4 nitrogen and oxygen atoms in total. The van der Waals surface area contributed by atoms with E-state index in [0.29, 0.717) is 16.0 Å². The van der Waals surface area contributed by atoms with Gasteiger partial charge < -0.3 is 4.74 Å². The van der Waals surface area contributed by atoms with Crippen LogP contribution in [0.5, 0.6) is 0 Å². The van der Waals surface area contributed by atoms with Gasteiger partial charge in [0.25, 0.3) is 0 Å². The molecular formula is C23H20O4S. The van der Waals surface area contributed by atoms with Crippen LogP contribution in [0.4, 0.5) is 0 Å². The predicted octanol–water partition coefficient (Wildman–Crippen LogP) is 5.19. The summed E-state index contributed by atoms with van der Waals surface area (Å²) in [6.07, 6.45) is -1.05. The molecule has 0 spiro atoms. The highest BCUT2D eigenvalue weighted by molar-refractivity contribution is 7.14. The number of hydrogen-bond acceptors (Lipinski definition) is 5. The summed E-state index contributed by atoms with van der Waals surface area (Å²) in [7, 11) is 0. The van der Waals surface area contributed by atoms with Crippen LogP contribution < -0.4 is 0 Å². The minimum absolute atomic E-state index is 0.0554. The molecule has 0 N–H and O–H groups in total. The standard InChI is InChI=1S/C23H20O4S/c1-16-12-14-20(28-16)19(24)13-15-21(25)27-23(18-10-6-3-7-11-18)22(26)17-8-4-2-5-9-17/h2-12,14,23H,13,15H2,1H3/t23-/m1/s1. The van der Waals surface area contributed by atoms with Crippen LogP contribution in [0.3, 0.4) is 0 Å². The minimum Gasteiger partial charge on any atom is -0.449 e. The summed E-state index contributed by atoms with van der Waals surface area (Å²) < 4.78 is 5.51. The van der Waals surface area contributed by atoms with Crippen molar-refractivity contribution < 1.29 is 19.1 Å². The Morgan fingerprint density at radius 2 is 1.50 bits per heavy atom. The van der Waals surface area contributed by atoms with E-state index in [1.165, 1.54) is 11.3 Å². The maximum atomic E-state index is 12.9. The van der Waals surface area contributed by atoms with Crippen molar-refractivity contribution in [3.63, 3.8) is 0 Å². The molecule has 0 fully saturated rings. The lowest BCUT2D eigenvalue weighted by molar-refractivity contribution is -0.147. The van der Waals surface area contributed by atoms with E-state index in [2.05, 4.69) is 0 Å². The molecule has 0 saturated heterocycles. The van der Waals surface area contributed by atoms with Crippen molar-refractivity contribution in [2.75, 3.05) is 0 Å². The Morgan fingerprint density at radius 1 is 0.857 bits per heavy atom. The van der Waals surface area contributed by atoms with Crippen LogP contribution in [0, 0.1) is 6.92 Å². The lowest BCUT2D eigenvalue weighted by Crippen LogP contribution is -2.20. The van der Waals surface area contributed by atoms with Crippen molar-refractivity contribution in [3.05, 3.63) is 93.7 Å². The van der Waals surface area contributed by atoms with Crippen molar-refractivity contribution in [2.24, 2.45) is 0 Å². The summed E-state index contributed by atoms with van der Waals surface area (Å²) in [5, 5.41) is 0. The maximum Gasteiger partial charge on any atom is 0.307 e. The highest BCUT2D eigenvalue weighted by atomic mass is 32.1. The van der Waals surface area contributed by atoms with Crippen LogP contribution in [0.1, 0.15) is 49.4 Å². The van der Waals surface area contributed by atoms with Gasteiger partial charge in [0.15, 0.2) is 11.9 Å². The summed E-state index contributed by atoms with van der Waals surface area (Å²) in [4.78, 5) is 39.2. The first kappa shape index (κ1) is 19.7. The van der Waals surface area contributed by atoms with E-state index in [1.54, 1.807) is 54.6 Å². The summed E-state index contributed by atoms with van der Waals surface area (Å²) in [5.41, 5.74) is 1.07. The zero-order valence-electron chi connectivity index (χ0n) is 15.5. The molecule has 3 aromatic rings. The van der Waals surface area contributed by atoms with Gasteiger partial charge in [0.1, 0.15) is 0 Å². The minimum atomic E-state index is -1.03. The molecule has 3 rings (SSSR count). The molecule has 1 aromatic heterocycles. The molecule has 0 unspecified atom stereocenters. The summed E-state index contributed by atoms with van der Waals surface area (Å²) in [6.45, 7) is 1.93. The van der Waals surface area contributed by atoms with E-state index in [1.807, 2.05) is 25.1 Å². The fourth-order valence-electron chi connectivity index (χ4n) is 2.77. The average Bonchev–Trinajstić information content (AvgIpc) is 3.17. The van der Waals surface area contributed by atoms with Gasteiger partial charge in [-0.2, -0.15) is 0 Å². The quantitative estimate of drug-likeness (QED) is 0.391. The smallest absolute Gasteiger partial charge is 0.307 e. The van der Waals surface area contributed by atoms with Gasteiger partial charge in [0.2, 0.25) is 5.78 Å². The number of aryl methyl sites for hydroxylation is 1. The molecule has 5 heteroatoms. The fraction of sp³-hybridized carbons (Fsp3) is 0.174. The van der Waals surface area contributed by atoms with Crippen LogP contribution in [0.15, 0.2) is 72.8 Å². The Hall–Kier alpha value is -3.05. The van der Waals surface area contributed by atoms with Crippen molar-refractivity contribution in [3.8, 4) is 0 Å². The lowest BCUT2D eigenvalue weighted by Gasteiger charge is -2.17. The molecule has 2 aromatic carbocycles. The number of Topliss-reactive ketones (excluding diaryl/α,β-unsaturated/α-hetero) is 2. The molecule has 0 bridgehead atoms. The zero-order chi connectivity index (χ0) is 19.9. The second-order valence-corrected chi connectivity index (χ2v) is 7.63. The van der Waals surface area contributed by atoms with E-state index in [0.717, 1.165) is 4.88 Å². The molecule has 142 valence electrons. The van der Waals surface area contributed by atoms with Crippen LogP contribution in [0.25, 0.3) is 0 Å². The van der Waals surface area contributed by atoms with Gasteiger partial charge in [-0.15, -0.1) is 11.3 Å². The summed E-state index contributed by atoms with van der Waals surface area (Å²) in [5.74, 6) is -0.958. The Bertz CT molecular complexity index is 961. The Morgan fingerprint density at radius 3 is 2.11 bits per heavy atom. The fourth-order valence-corrected chi connectivity index (χ4v) is 3.60. The van der Waals surface area contributed by atoms with Gasteiger partial charge >= 0.3 is 5.97 Å². The predicted molar refractivity (Wildman–Crippen MR) is 109 cm³/mol. The molecule has 0 radical (unpaired) electrons. The van der Waals surface area contributed by atoms with E-state index < -0.39 is 12.1 Å². The average molecular weight is 392 g/mol. The second kappa shape index (κ2) is 9.24. The number of hydrogen-bond donors (Lipinski definition) is 0. The lowest BCUT2D eigenvalue weighted by atomic mass is 10.00. The molecule has 0 amide bonds. The first-order valence-corrected chi connectivity index (χ1v) is 9.79. The van der Waals surface area contributed by atoms with Crippen molar-refractivity contribution in [1.82, 2.24) is 0 Å². The van der Waals surface area contributed by atoms with Crippen LogP contribution in [0.2, 0.25) is 0 Å². The van der Waals surface area contributed by atoms with E-state index >= 15 is 0 Å². The zero-order valence-corrected chi connectivity index (χ0v) is 16.3. The van der Waals surface area contributed by atoms with Gasteiger partial charge in [-0.25, -0.2) is 0 Å². The number of carbonyl (C=O) groups excluding carboxylic acids is 3. The first-order chi connectivity index (χ1) is 13.5. The molecule has 28 heavy (non-hydrogen) atoms. The largest absolute Gasteiger partial charge is 0.449 e. The van der Waals surface area contributed by atoms with Crippen LogP contribution in [-0.4, -0.2) is 17.5 Å². The number of thiophene rings is 1. The third kappa shape index (κ3) is 5.02. The number of esters is 1. The molecule has 0 aliphatic carbocycles. The van der Waals surface area contributed by atoms with E-state index in [-0.39, 0.29) is 24.4 Å². The van der Waals surface area contributed by atoms with Crippen LogP contribution in [-0.2, 0) is 9.53 Å². The number of carbonyl (C=O) groups is 3. The SMILES string of the molecule is Cc1ccc(C(=O)CCC(=O)O[C@@H](C(=O)c2ccccc2)c2ccccc2)s1. The topological polar surface area (TPSA) is 60.4 Å². The normalized spacial score (nSPS) is 11.6. The summed E-state index contributed by atoms with van der Waals surface area (Å²) in [6, 6.07) is 21.3. The number of ether oxygens (including phenoxy) is 1. The van der Waals surface area contributed by atoms with Crippen LogP contribution >= 0.6 is 11.3 Å². The highest BCUT2D eigenvalue weighted by Gasteiger charge is 2.26. The molecule has 0 aliphatic rings. The second-order valence-electron chi connectivity index (χ2n) is 6.34. The van der Waals surface area contributed by atoms with Gasteiger partial charge in [0.05, 0.1) is 11.3 Å². The van der Waals surface area contributed by atoms with Gasteiger partial charge in [-0.1, -0.05) is 60.7 Å². The summed E-state index contributed by atoms with van der Waals surface area (Å²) >= 11 is 1.40. The Labute approximate surface area is 167 Å². The van der Waals surface area contributed by atoms with E-state index in [4.69, 9.17) is 4.74 Å². The highest BCUT2D eigenvalue weighted by Crippen LogP contribution is 2.24. The molecule has 0 aliphatic heterocycles. The number of rotatable bonds is 8. The maximum absolute atomic E-state index is 12.9. The van der Waals surface area contributed by atoms with Crippen molar-refractivity contribution in [1.29, 1.82) is 0 Å². The molecule has 1 atom stereocenters. The molecule has 0 saturated carbocycles. The monoisotopic (exact) mass is 392 g/mol. The molecule has 1 heterocycles. The Kier molecular flexibility index (Phi) is 6.50. The van der Waals surface area contributed by atoms with Crippen molar-refractivity contribution >= 4 is 28.9 Å². The first-order valence-electron chi connectivity index (χ1n) is 8.98. The Balaban J connectivity index is 1.69. The number of benzene rings is 2.